The van der Waals surface area contributed by atoms with Gasteiger partial charge >= 0.3 is 11.7 Å². The first-order valence-corrected chi connectivity index (χ1v) is 11.1. The number of benzene rings is 1. The van der Waals surface area contributed by atoms with Gasteiger partial charge in [-0.05, 0) is 36.7 Å². The molecule has 0 radical (unpaired) electrons. The summed E-state index contributed by atoms with van der Waals surface area (Å²) in [5.74, 6) is 0.353. The van der Waals surface area contributed by atoms with Crippen LogP contribution in [0.15, 0.2) is 41.3 Å². The molecular weight excluding hydrogens is 410 g/mol. The number of nitrogens with one attached hydrogen (secondary N) is 2. The van der Waals surface area contributed by atoms with E-state index >= 15 is 0 Å². The zero-order valence-corrected chi connectivity index (χ0v) is 18.1. The molecule has 0 bridgehead atoms. The number of aliphatic hydroxyl groups is 1. The quantitative estimate of drug-likeness (QED) is 0.506. The van der Waals surface area contributed by atoms with Crippen molar-refractivity contribution in [2.24, 2.45) is 11.7 Å². The van der Waals surface area contributed by atoms with Gasteiger partial charge in [0.25, 0.3) is 0 Å². The van der Waals surface area contributed by atoms with Gasteiger partial charge in [-0.3, -0.25) is 14.8 Å². The highest BCUT2D eigenvalue weighted by molar-refractivity contribution is 5.88. The number of hydrogen-bond donors (Lipinski definition) is 4. The summed E-state index contributed by atoms with van der Waals surface area (Å²) >= 11 is 0. The van der Waals surface area contributed by atoms with Crippen LogP contribution in [0.2, 0.25) is 0 Å². The Morgan fingerprint density at radius 1 is 1.19 bits per heavy atom. The number of hydrogen-bond acceptors (Lipinski definition) is 7. The minimum Gasteiger partial charge on any atom is -0.396 e. The maximum atomic E-state index is 12.5. The Morgan fingerprint density at radius 3 is 2.62 bits per heavy atom. The van der Waals surface area contributed by atoms with Crippen LogP contribution in [0.1, 0.15) is 12.0 Å². The smallest absolute Gasteiger partial charge is 0.354 e. The number of carbonyl (C=O) groups excluding carboxylic acids is 1. The van der Waals surface area contributed by atoms with E-state index in [0.717, 1.165) is 44.7 Å². The summed E-state index contributed by atoms with van der Waals surface area (Å²) in [5, 5.41) is 15.4. The van der Waals surface area contributed by atoms with Crippen molar-refractivity contribution in [2.75, 3.05) is 51.2 Å². The topological polar surface area (TPSA) is 129 Å². The number of likely N-dealkylation sites (tertiary alicyclic amines) is 1. The van der Waals surface area contributed by atoms with E-state index in [1.165, 1.54) is 4.57 Å². The lowest BCUT2D eigenvalue weighted by atomic mass is 9.93. The molecule has 0 saturated carbocycles. The molecule has 2 atom stereocenters. The second-order valence-corrected chi connectivity index (χ2v) is 8.43. The Balaban J connectivity index is 1.38. The monoisotopic (exact) mass is 441 g/mol. The van der Waals surface area contributed by atoms with Crippen molar-refractivity contribution in [1.82, 2.24) is 24.7 Å². The molecule has 172 valence electrons. The predicted molar refractivity (Wildman–Crippen MR) is 122 cm³/mol. The average Bonchev–Trinajstić information content (AvgIpc) is 2.81. The fourth-order valence-corrected chi connectivity index (χ4v) is 4.21. The molecule has 5 N–H and O–H groups in total. The maximum absolute atomic E-state index is 12.5. The van der Waals surface area contributed by atoms with Gasteiger partial charge in [0, 0.05) is 64.0 Å². The third kappa shape index (κ3) is 5.33. The van der Waals surface area contributed by atoms with Gasteiger partial charge < -0.3 is 21.1 Å². The summed E-state index contributed by atoms with van der Waals surface area (Å²) in [7, 11) is 0. The second kappa shape index (κ2) is 10.2. The number of aliphatic hydroxyl groups excluding tert-OH is 1. The van der Waals surface area contributed by atoms with Gasteiger partial charge in [0.2, 0.25) is 0 Å². The lowest BCUT2D eigenvalue weighted by Crippen LogP contribution is -2.48. The summed E-state index contributed by atoms with van der Waals surface area (Å²) in [6.45, 7) is 5.33. The number of carbonyl (C=O) groups is 1. The molecule has 1 aromatic heterocycles. The van der Waals surface area contributed by atoms with Crippen LogP contribution in [-0.2, 0) is 6.54 Å². The Kier molecular flexibility index (Phi) is 7.15. The standard InChI is InChI=1S/C22H31N7O3/c23-19-5-9-27(14-17(19)15-30)13-16-1-3-18(4-2-16)29-10-6-20(26-22(29)32)25-21(31)28-11-7-24-8-12-28/h1-4,6,10,17,19,24,30H,5,7-9,11-15,23H2,(H,25,26,31,32)/t17?,19-/m1/s1. The van der Waals surface area contributed by atoms with Crippen molar-refractivity contribution in [3.8, 4) is 5.69 Å². The third-order valence-corrected chi connectivity index (χ3v) is 6.17. The van der Waals surface area contributed by atoms with Gasteiger partial charge in [0.1, 0.15) is 5.82 Å². The Hall–Kier alpha value is -2.79. The number of urea groups is 1. The number of rotatable bonds is 5. The maximum Gasteiger partial charge on any atom is 0.354 e. The summed E-state index contributed by atoms with van der Waals surface area (Å²) in [6.07, 6.45) is 2.50. The molecule has 32 heavy (non-hydrogen) atoms. The summed E-state index contributed by atoms with van der Waals surface area (Å²) < 4.78 is 1.45. The SMILES string of the molecule is N[C@@H]1CCN(Cc2ccc(-n3ccc(NC(=O)N4CCNCC4)nc3=O)cc2)CC1CO. The lowest BCUT2D eigenvalue weighted by Gasteiger charge is -2.36. The van der Waals surface area contributed by atoms with Gasteiger partial charge in [-0.25, -0.2) is 9.59 Å². The van der Waals surface area contributed by atoms with Crippen molar-refractivity contribution in [3.05, 3.63) is 52.6 Å². The van der Waals surface area contributed by atoms with Gasteiger partial charge in [-0.2, -0.15) is 4.98 Å². The first-order valence-electron chi connectivity index (χ1n) is 11.1. The van der Waals surface area contributed by atoms with E-state index in [4.69, 9.17) is 5.73 Å². The molecule has 2 aromatic rings. The molecule has 0 aliphatic carbocycles. The highest BCUT2D eigenvalue weighted by Crippen LogP contribution is 2.18. The van der Waals surface area contributed by atoms with Crippen LogP contribution in [0.25, 0.3) is 5.69 Å². The third-order valence-electron chi connectivity index (χ3n) is 6.17. The molecule has 1 aromatic carbocycles. The first kappa shape index (κ1) is 22.4. The van der Waals surface area contributed by atoms with Crippen molar-refractivity contribution in [3.63, 3.8) is 0 Å². The van der Waals surface area contributed by atoms with Crippen LogP contribution in [0.5, 0.6) is 0 Å². The van der Waals surface area contributed by atoms with Crippen LogP contribution in [0.3, 0.4) is 0 Å². The Labute approximate surface area is 187 Å². The highest BCUT2D eigenvalue weighted by Gasteiger charge is 2.26. The zero-order chi connectivity index (χ0) is 22.5. The highest BCUT2D eigenvalue weighted by atomic mass is 16.3. The molecule has 4 rings (SSSR count). The first-order chi connectivity index (χ1) is 15.5. The van der Waals surface area contributed by atoms with Crippen LogP contribution in [-0.4, -0.2) is 82.4 Å². The minimum absolute atomic E-state index is 0.0580. The van der Waals surface area contributed by atoms with E-state index < -0.39 is 5.69 Å². The van der Waals surface area contributed by atoms with E-state index in [1.807, 2.05) is 24.3 Å². The normalized spacial score (nSPS) is 22.0. The molecule has 10 nitrogen and oxygen atoms in total. The molecule has 2 fully saturated rings. The van der Waals surface area contributed by atoms with Crippen molar-refractivity contribution in [1.29, 1.82) is 0 Å². The molecule has 10 heteroatoms. The molecule has 3 heterocycles. The number of aromatic nitrogens is 2. The summed E-state index contributed by atoms with van der Waals surface area (Å²) in [4.78, 5) is 32.8. The molecule has 2 saturated heterocycles. The number of piperazine rings is 1. The van der Waals surface area contributed by atoms with Gasteiger partial charge in [0.05, 0.1) is 5.69 Å². The van der Waals surface area contributed by atoms with E-state index in [9.17, 15) is 14.7 Å². The summed E-state index contributed by atoms with van der Waals surface area (Å²) in [6, 6.07) is 9.19. The minimum atomic E-state index is -0.452. The molecular formula is C22H31N7O3. The number of piperidine rings is 1. The number of nitrogens with zero attached hydrogens (tertiary/aromatic N) is 4. The van der Waals surface area contributed by atoms with E-state index in [-0.39, 0.29) is 30.4 Å². The van der Waals surface area contributed by atoms with Crippen molar-refractivity contribution >= 4 is 11.8 Å². The number of anilines is 1. The second-order valence-electron chi connectivity index (χ2n) is 8.43. The molecule has 2 aliphatic heterocycles. The summed E-state index contributed by atoms with van der Waals surface area (Å²) in [5.41, 5.74) is 7.45. The van der Waals surface area contributed by atoms with Crippen molar-refractivity contribution in [2.45, 2.75) is 19.0 Å². The van der Waals surface area contributed by atoms with Crippen LogP contribution < -0.4 is 22.1 Å². The lowest BCUT2D eigenvalue weighted by molar-refractivity contribution is 0.0992. The van der Waals surface area contributed by atoms with Gasteiger partial charge in [-0.15, -0.1) is 0 Å². The Morgan fingerprint density at radius 2 is 1.94 bits per heavy atom. The zero-order valence-electron chi connectivity index (χ0n) is 18.1. The molecule has 2 amide bonds. The average molecular weight is 442 g/mol. The van der Waals surface area contributed by atoms with E-state index in [0.29, 0.717) is 18.8 Å². The predicted octanol–water partition coefficient (Wildman–Crippen LogP) is -0.189. The molecule has 2 aliphatic rings. The van der Waals surface area contributed by atoms with Crippen LogP contribution in [0, 0.1) is 5.92 Å². The fraction of sp³-hybridized carbons (Fsp3) is 0.500. The largest absolute Gasteiger partial charge is 0.396 e. The number of nitrogens with two attached hydrogens (primary N) is 1. The fourth-order valence-electron chi connectivity index (χ4n) is 4.21. The van der Waals surface area contributed by atoms with E-state index in [2.05, 4.69) is 20.5 Å². The van der Waals surface area contributed by atoms with Gasteiger partial charge in [0.15, 0.2) is 0 Å². The van der Waals surface area contributed by atoms with Crippen LogP contribution in [0.4, 0.5) is 10.6 Å². The molecule has 1 unspecified atom stereocenters. The Bertz CT molecular complexity index is 972. The number of amides is 2. The molecule has 0 spiro atoms. The van der Waals surface area contributed by atoms with Crippen LogP contribution >= 0.6 is 0 Å². The van der Waals surface area contributed by atoms with Crippen molar-refractivity contribution < 1.29 is 9.90 Å². The van der Waals surface area contributed by atoms with E-state index in [1.54, 1.807) is 17.2 Å². The van der Waals surface area contributed by atoms with Gasteiger partial charge in [-0.1, -0.05) is 12.1 Å².